The first kappa shape index (κ1) is 13.9. The Hall–Kier alpha value is -1.51. The maximum Gasteiger partial charge on any atom is 0.222 e. The van der Waals surface area contributed by atoms with E-state index < -0.39 is 0 Å². The number of amides is 1. The number of nitrogens with two attached hydrogens (primary N) is 1. The third-order valence-electron chi connectivity index (χ3n) is 4.08. The van der Waals surface area contributed by atoms with Crippen molar-refractivity contribution in [3.8, 4) is 0 Å². The quantitative estimate of drug-likeness (QED) is 0.845. The van der Waals surface area contributed by atoms with E-state index in [0.717, 1.165) is 11.3 Å². The fraction of sp³-hybridized carbons (Fsp3) is 0.562. The van der Waals surface area contributed by atoms with Gasteiger partial charge in [0, 0.05) is 25.7 Å². The maximum absolute atomic E-state index is 12.2. The van der Waals surface area contributed by atoms with E-state index in [-0.39, 0.29) is 5.91 Å². The Labute approximate surface area is 115 Å². The highest BCUT2D eigenvalue weighted by Gasteiger charge is 2.19. The minimum Gasteiger partial charge on any atom is -0.398 e. The van der Waals surface area contributed by atoms with Crippen LogP contribution in [0.1, 0.15) is 44.1 Å². The molecule has 0 saturated heterocycles. The summed E-state index contributed by atoms with van der Waals surface area (Å²) in [6, 6.07) is 7.75. The highest BCUT2D eigenvalue weighted by molar-refractivity contribution is 5.76. The number of nitrogen functional groups attached to an aromatic ring is 1. The number of nitrogens with zero attached hydrogens (tertiary/aromatic N) is 1. The van der Waals surface area contributed by atoms with Gasteiger partial charge in [0.15, 0.2) is 0 Å². The summed E-state index contributed by atoms with van der Waals surface area (Å²) in [5.41, 5.74) is 7.71. The van der Waals surface area contributed by atoms with Gasteiger partial charge in [0.1, 0.15) is 0 Å². The molecule has 1 aromatic rings. The first-order chi connectivity index (χ1) is 9.16. The third kappa shape index (κ3) is 3.98. The van der Waals surface area contributed by atoms with Gasteiger partial charge in [-0.15, -0.1) is 0 Å². The van der Waals surface area contributed by atoms with Crippen molar-refractivity contribution in [3.05, 3.63) is 29.8 Å². The van der Waals surface area contributed by atoms with Crippen LogP contribution in [0.4, 0.5) is 5.69 Å². The van der Waals surface area contributed by atoms with Gasteiger partial charge in [0.05, 0.1) is 0 Å². The average molecular weight is 260 g/mol. The van der Waals surface area contributed by atoms with Crippen molar-refractivity contribution < 1.29 is 4.79 Å². The lowest BCUT2D eigenvalue weighted by molar-refractivity contribution is -0.131. The molecule has 1 fully saturated rings. The molecule has 0 spiro atoms. The molecule has 0 heterocycles. The predicted octanol–water partition coefficient (Wildman–Crippen LogP) is 3.20. The van der Waals surface area contributed by atoms with Crippen LogP contribution in [-0.4, -0.2) is 17.9 Å². The van der Waals surface area contributed by atoms with Gasteiger partial charge in [-0.1, -0.05) is 37.5 Å². The van der Waals surface area contributed by atoms with E-state index in [1.807, 2.05) is 31.3 Å². The topological polar surface area (TPSA) is 46.3 Å². The first-order valence-corrected chi connectivity index (χ1v) is 7.24. The number of hydrogen-bond acceptors (Lipinski definition) is 2. The Morgan fingerprint density at radius 2 is 1.95 bits per heavy atom. The van der Waals surface area contributed by atoms with E-state index in [4.69, 9.17) is 5.73 Å². The summed E-state index contributed by atoms with van der Waals surface area (Å²) < 4.78 is 0. The first-order valence-electron chi connectivity index (χ1n) is 7.24. The zero-order chi connectivity index (χ0) is 13.7. The summed E-state index contributed by atoms with van der Waals surface area (Å²) in [5, 5.41) is 0. The Morgan fingerprint density at radius 1 is 1.26 bits per heavy atom. The van der Waals surface area contributed by atoms with Crippen LogP contribution < -0.4 is 5.73 Å². The molecule has 1 aliphatic rings. The number of rotatable bonds is 4. The molecule has 2 rings (SSSR count). The van der Waals surface area contributed by atoms with Crippen LogP contribution in [0.2, 0.25) is 0 Å². The highest BCUT2D eigenvalue weighted by Crippen LogP contribution is 2.27. The lowest BCUT2D eigenvalue weighted by Crippen LogP contribution is -2.28. The predicted molar refractivity (Wildman–Crippen MR) is 78.5 cm³/mol. The largest absolute Gasteiger partial charge is 0.398 e. The van der Waals surface area contributed by atoms with E-state index in [1.54, 1.807) is 4.90 Å². The van der Waals surface area contributed by atoms with E-state index >= 15 is 0 Å². The number of anilines is 1. The van der Waals surface area contributed by atoms with Crippen LogP contribution in [0.15, 0.2) is 24.3 Å². The summed E-state index contributed by atoms with van der Waals surface area (Å²) in [5.74, 6) is 0.840. The van der Waals surface area contributed by atoms with E-state index in [1.165, 1.54) is 32.1 Å². The van der Waals surface area contributed by atoms with Crippen LogP contribution in [-0.2, 0) is 11.3 Å². The molecular weight excluding hydrogens is 236 g/mol. The highest BCUT2D eigenvalue weighted by atomic mass is 16.2. The number of carbonyl (C=O) groups excluding carboxylic acids is 1. The molecule has 19 heavy (non-hydrogen) atoms. The Morgan fingerprint density at radius 3 is 2.63 bits per heavy atom. The van der Waals surface area contributed by atoms with Crippen LogP contribution in [0, 0.1) is 5.92 Å². The zero-order valence-corrected chi connectivity index (χ0v) is 11.8. The summed E-state index contributed by atoms with van der Waals surface area (Å²) in [6.45, 7) is 0.609. The smallest absolute Gasteiger partial charge is 0.222 e. The molecule has 0 atom stereocenters. The second-order valence-electron chi connectivity index (χ2n) is 5.66. The Balaban J connectivity index is 1.87. The lowest BCUT2D eigenvalue weighted by atomic mass is 9.86. The molecule has 0 aliphatic heterocycles. The Bertz CT molecular complexity index is 425. The Kier molecular flexibility index (Phi) is 4.83. The molecule has 0 radical (unpaired) electrons. The number of benzene rings is 1. The van der Waals surface area contributed by atoms with Crippen molar-refractivity contribution in [1.82, 2.24) is 4.90 Å². The standard InChI is InChI=1S/C16H24N2O/c1-18(12-14-9-5-6-10-15(14)17)16(19)11-13-7-3-2-4-8-13/h5-6,9-10,13H,2-4,7-8,11-12,17H2,1H3. The minimum atomic E-state index is 0.246. The van der Waals surface area contributed by atoms with Crippen LogP contribution >= 0.6 is 0 Å². The third-order valence-corrected chi connectivity index (χ3v) is 4.08. The molecule has 0 aromatic heterocycles. The minimum absolute atomic E-state index is 0.246. The van der Waals surface area contributed by atoms with Crippen molar-refractivity contribution in [2.24, 2.45) is 5.92 Å². The number of hydrogen-bond donors (Lipinski definition) is 1. The van der Waals surface area contributed by atoms with Gasteiger partial charge < -0.3 is 10.6 Å². The molecule has 3 nitrogen and oxygen atoms in total. The van der Waals surface area contributed by atoms with Crippen LogP contribution in [0.25, 0.3) is 0 Å². The summed E-state index contributed by atoms with van der Waals surface area (Å²) in [6.07, 6.45) is 7.03. The summed E-state index contributed by atoms with van der Waals surface area (Å²) >= 11 is 0. The van der Waals surface area contributed by atoms with Crippen molar-refractivity contribution in [3.63, 3.8) is 0 Å². The molecule has 1 amide bonds. The van der Waals surface area contributed by atoms with E-state index in [9.17, 15) is 4.79 Å². The summed E-state index contributed by atoms with van der Waals surface area (Å²) in [4.78, 5) is 14.0. The zero-order valence-electron chi connectivity index (χ0n) is 11.8. The molecule has 0 bridgehead atoms. The number of para-hydroxylation sites is 1. The van der Waals surface area contributed by atoms with Crippen LogP contribution in [0.3, 0.4) is 0 Å². The lowest BCUT2D eigenvalue weighted by Gasteiger charge is -2.24. The van der Waals surface area contributed by atoms with Gasteiger partial charge in [-0.3, -0.25) is 4.79 Å². The molecule has 1 saturated carbocycles. The van der Waals surface area contributed by atoms with E-state index in [2.05, 4.69) is 0 Å². The van der Waals surface area contributed by atoms with Gasteiger partial charge in [-0.05, 0) is 30.4 Å². The fourth-order valence-electron chi connectivity index (χ4n) is 2.82. The van der Waals surface area contributed by atoms with Crippen molar-refractivity contribution >= 4 is 11.6 Å². The molecular formula is C16H24N2O. The van der Waals surface area contributed by atoms with Gasteiger partial charge in [0.2, 0.25) is 5.91 Å². The van der Waals surface area contributed by atoms with Crippen molar-refractivity contribution in [1.29, 1.82) is 0 Å². The molecule has 1 aliphatic carbocycles. The van der Waals surface area contributed by atoms with Crippen LogP contribution in [0.5, 0.6) is 0 Å². The summed E-state index contributed by atoms with van der Waals surface area (Å²) in [7, 11) is 1.87. The SMILES string of the molecule is CN(Cc1ccccc1N)C(=O)CC1CCCCC1. The molecule has 3 heteroatoms. The number of carbonyl (C=O) groups is 1. The second kappa shape index (κ2) is 6.60. The van der Waals surface area contributed by atoms with Gasteiger partial charge in [0.25, 0.3) is 0 Å². The van der Waals surface area contributed by atoms with Gasteiger partial charge in [-0.2, -0.15) is 0 Å². The van der Waals surface area contributed by atoms with Gasteiger partial charge >= 0.3 is 0 Å². The monoisotopic (exact) mass is 260 g/mol. The molecule has 104 valence electrons. The molecule has 0 unspecified atom stereocenters. The second-order valence-corrected chi connectivity index (χ2v) is 5.66. The average Bonchev–Trinajstić information content (AvgIpc) is 2.42. The van der Waals surface area contributed by atoms with Crippen molar-refractivity contribution in [2.75, 3.05) is 12.8 Å². The van der Waals surface area contributed by atoms with Gasteiger partial charge in [-0.25, -0.2) is 0 Å². The fourth-order valence-corrected chi connectivity index (χ4v) is 2.82. The van der Waals surface area contributed by atoms with Crippen molar-refractivity contribution in [2.45, 2.75) is 45.1 Å². The molecule has 1 aromatic carbocycles. The maximum atomic E-state index is 12.2. The molecule has 2 N–H and O–H groups in total. The van der Waals surface area contributed by atoms with E-state index in [0.29, 0.717) is 18.9 Å². The normalized spacial score (nSPS) is 16.3.